The molecule has 0 spiro atoms. The maximum atomic E-state index is 13.2. The molecule has 30 heavy (non-hydrogen) atoms. The van der Waals surface area contributed by atoms with Crippen LogP contribution >= 0.6 is 0 Å². The Bertz CT molecular complexity index is 1130. The van der Waals surface area contributed by atoms with Crippen molar-refractivity contribution in [3.05, 3.63) is 90.1 Å². The molecule has 0 bridgehead atoms. The standard InChI is InChI=1S/C23H24N6O/c1-17(2)22-20(14-26-29(22)21-11-7-8-12-24-21)23(30)27(3)15-18-13-25-28(16-18)19-9-5-4-6-10-19/h4-14,16-17H,15H2,1-3H3. The van der Waals surface area contributed by atoms with Crippen LogP contribution in [0.25, 0.3) is 11.5 Å². The summed E-state index contributed by atoms with van der Waals surface area (Å²) in [5.41, 5.74) is 3.38. The summed E-state index contributed by atoms with van der Waals surface area (Å²) < 4.78 is 3.56. The second kappa shape index (κ2) is 8.32. The Morgan fingerprint density at radius 3 is 2.50 bits per heavy atom. The Hall–Kier alpha value is -3.74. The molecule has 0 aliphatic heterocycles. The molecule has 0 N–H and O–H groups in total. The molecule has 0 aliphatic rings. The van der Waals surface area contributed by atoms with Crippen LogP contribution in [0.4, 0.5) is 0 Å². The number of benzene rings is 1. The summed E-state index contributed by atoms with van der Waals surface area (Å²) in [5.74, 6) is 0.739. The van der Waals surface area contributed by atoms with Crippen molar-refractivity contribution < 1.29 is 4.79 Å². The maximum absolute atomic E-state index is 13.2. The van der Waals surface area contributed by atoms with Crippen LogP contribution in [-0.4, -0.2) is 42.4 Å². The number of hydrogen-bond donors (Lipinski definition) is 0. The van der Waals surface area contributed by atoms with E-state index < -0.39 is 0 Å². The van der Waals surface area contributed by atoms with Gasteiger partial charge in [-0.05, 0) is 30.2 Å². The molecule has 0 saturated carbocycles. The number of hydrogen-bond acceptors (Lipinski definition) is 4. The van der Waals surface area contributed by atoms with Crippen LogP contribution in [0.2, 0.25) is 0 Å². The minimum Gasteiger partial charge on any atom is -0.337 e. The molecule has 1 aromatic carbocycles. The molecule has 0 aliphatic carbocycles. The van der Waals surface area contributed by atoms with Crippen molar-refractivity contribution in [2.45, 2.75) is 26.3 Å². The van der Waals surface area contributed by atoms with Gasteiger partial charge in [0.1, 0.15) is 0 Å². The number of para-hydroxylation sites is 1. The van der Waals surface area contributed by atoms with Gasteiger partial charge in [-0.1, -0.05) is 38.1 Å². The first-order valence-electron chi connectivity index (χ1n) is 9.88. The molecule has 0 radical (unpaired) electrons. The van der Waals surface area contributed by atoms with Gasteiger partial charge in [0.05, 0.1) is 29.3 Å². The van der Waals surface area contributed by atoms with Crippen molar-refractivity contribution in [3.8, 4) is 11.5 Å². The molecule has 0 fully saturated rings. The van der Waals surface area contributed by atoms with Gasteiger partial charge in [0.25, 0.3) is 5.91 Å². The summed E-state index contributed by atoms with van der Waals surface area (Å²) in [6.45, 7) is 4.56. The molecule has 7 nitrogen and oxygen atoms in total. The van der Waals surface area contributed by atoms with Crippen molar-refractivity contribution in [2.75, 3.05) is 7.05 Å². The second-order valence-electron chi connectivity index (χ2n) is 7.49. The highest BCUT2D eigenvalue weighted by molar-refractivity contribution is 5.95. The third-order valence-electron chi connectivity index (χ3n) is 4.87. The topological polar surface area (TPSA) is 68.8 Å². The molecule has 3 heterocycles. The van der Waals surface area contributed by atoms with Gasteiger partial charge < -0.3 is 4.90 Å². The lowest BCUT2D eigenvalue weighted by atomic mass is 10.0. The number of rotatable bonds is 6. The Morgan fingerprint density at radius 1 is 1.03 bits per heavy atom. The molecular formula is C23H24N6O. The van der Waals surface area contributed by atoms with Gasteiger partial charge in [-0.25, -0.2) is 14.3 Å². The smallest absolute Gasteiger partial charge is 0.257 e. The number of nitrogens with zero attached hydrogens (tertiary/aromatic N) is 6. The fourth-order valence-electron chi connectivity index (χ4n) is 3.45. The van der Waals surface area contributed by atoms with Crippen molar-refractivity contribution >= 4 is 5.91 Å². The number of carbonyl (C=O) groups is 1. The van der Waals surface area contributed by atoms with E-state index in [1.165, 1.54) is 0 Å². The molecule has 4 rings (SSSR count). The van der Waals surface area contributed by atoms with Crippen LogP contribution in [0.3, 0.4) is 0 Å². The third-order valence-corrected chi connectivity index (χ3v) is 4.87. The average Bonchev–Trinajstić information content (AvgIpc) is 3.42. The SMILES string of the molecule is CC(C)c1c(C(=O)N(C)Cc2cnn(-c3ccccc3)c2)cnn1-c1ccccn1. The highest BCUT2D eigenvalue weighted by atomic mass is 16.2. The third kappa shape index (κ3) is 3.87. The lowest BCUT2D eigenvalue weighted by Crippen LogP contribution is -2.27. The molecule has 152 valence electrons. The number of aromatic nitrogens is 5. The van der Waals surface area contributed by atoms with E-state index in [-0.39, 0.29) is 11.8 Å². The summed E-state index contributed by atoms with van der Waals surface area (Å²) in [5, 5.41) is 8.87. The molecule has 3 aromatic heterocycles. The van der Waals surface area contributed by atoms with Gasteiger partial charge in [-0.15, -0.1) is 0 Å². The predicted octanol–water partition coefficient (Wildman–Crippen LogP) is 3.85. The van der Waals surface area contributed by atoms with Gasteiger partial charge in [0.2, 0.25) is 0 Å². The van der Waals surface area contributed by atoms with Gasteiger partial charge >= 0.3 is 0 Å². The van der Waals surface area contributed by atoms with Crippen LogP contribution in [0.5, 0.6) is 0 Å². The lowest BCUT2D eigenvalue weighted by Gasteiger charge is -2.18. The molecule has 0 unspecified atom stereocenters. The van der Waals surface area contributed by atoms with Crippen LogP contribution in [-0.2, 0) is 6.54 Å². The number of pyridine rings is 1. The van der Waals surface area contributed by atoms with Crippen molar-refractivity contribution in [1.82, 2.24) is 29.4 Å². The highest BCUT2D eigenvalue weighted by Gasteiger charge is 2.24. The van der Waals surface area contributed by atoms with Crippen molar-refractivity contribution in [2.24, 2.45) is 0 Å². The Morgan fingerprint density at radius 2 is 1.80 bits per heavy atom. The van der Waals surface area contributed by atoms with Crippen LogP contribution in [0, 0.1) is 0 Å². The number of amides is 1. The van der Waals surface area contributed by atoms with E-state index >= 15 is 0 Å². The lowest BCUT2D eigenvalue weighted by molar-refractivity contribution is 0.0783. The fraction of sp³-hybridized carbons (Fsp3) is 0.217. The Labute approximate surface area is 175 Å². The molecule has 0 atom stereocenters. The van der Waals surface area contributed by atoms with Crippen LogP contribution in [0.15, 0.2) is 73.3 Å². The van der Waals surface area contributed by atoms with E-state index in [4.69, 9.17) is 0 Å². The summed E-state index contributed by atoms with van der Waals surface area (Å²) in [6, 6.07) is 15.5. The zero-order chi connectivity index (χ0) is 21.1. The highest BCUT2D eigenvalue weighted by Crippen LogP contribution is 2.23. The second-order valence-corrected chi connectivity index (χ2v) is 7.49. The van der Waals surface area contributed by atoms with E-state index in [2.05, 4.69) is 29.0 Å². The molecule has 0 saturated heterocycles. The largest absolute Gasteiger partial charge is 0.337 e. The average molecular weight is 400 g/mol. The summed E-state index contributed by atoms with van der Waals surface area (Å²) in [6.07, 6.45) is 7.09. The van der Waals surface area contributed by atoms with Gasteiger partial charge in [0.15, 0.2) is 5.82 Å². The van der Waals surface area contributed by atoms with Gasteiger partial charge in [-0.3, -0.25) is 4.79 Å². The normalized spacial score (nSPS) is 11.1. The van der Waals surface area contributed by atoms with Gasteiger partial charge in [-0.2, -0.15) is 10.2 Å². The van der Waals surface area contributed by atoms with Crippen molar-refractivity contribution in [3.63, 3.8) is 0 Å². The van der Waals surface area contributed by atoms with Crippen molar-refractivity contribution in [1.29, 1.82) is 0 Å². The Balaban J connectivity index is 1.56. The van der Waals surface area contributed by atoms with E-state index in [1.54, 1.807) is 35.2 Å². The monoisotopic (exact) mass is 400 g/mol. The molecule has 7 heteroatoms. The number of carbonyl (C=O) groups excluding carboxylic acids is 1. The van der Waals surface area contributed by atoms with E-state index in [0.717, 1.165) is 16.9 Å². The van der Waals surface area contributed by atoms with Crippen LogP contribution in [0.1, 0.15) is 41.4 Å². The molecule has 1 amide bonds. The Kier molecular flexibility index (Phi) is 5.43. The molecule has 4 aromatic rings. The fourth-order valence-corrected chi connectivity index (χ4v) is 3.45. The quantitative estimate of drug-likeness (QED) is 0.493. The minimum atomic E-state index is -0.0756. The first-order chi connectivity index (χ1) is 14.5. The zero-order valence-corrected chi connectivity index (χ0v) is 17.3. The molecular weight excluding hydrogens is 376 g/mol. The van der Waals surface area contributed by atoms with E-state index in [1.807, 2.05) is 59.4 Å². The van der Waals surface area contributed by atoms with E-state index in [9.17, 15) is 4.79 Å². The first kappa shape index (κ1) is 19.6. The van der Waals surface area contributed by atoms with E-state index in [0.29, 0.717) is 17.9 Å². The summed E-state index contributed by atoms with van der Waals surface area (Å²) in [7, 11) is 1.80. The van der Waals surface area contributed by atoms with Gasteiger partial charge in [0, 0.05) is 31.5 Å². The minimum absolute atomic E-state index is 0.0756. The first-order valence-corrected chi connectivity index (χ1v) is 9.88. The maximum Gasteiger partial charge on any atom is 0.257 e. The van der Waals surface area contributed by atoms with Crippen LogP contribution < -0.4 is 0 Å². The summed E-state index contributed by atoms with van der Waals surface area (Å²) >= 11 is 0. The predicted molar refractivity (Wildman–Crippen MR) is 115 cm³/mol. The summed E-state index contributed by atoms with van der Waals surface area (Å²) in [4.78, 5) is 19.3. The zero-order valence-electron chi connectivity index (χ0n) is 17.3.